The van der Waals surface area contributed by atoms with E-state index in [4.69, 9.17) is 0 Å². The number of fused-ring (bicyclic) bond motifs is 2. The molecule has 160 valence electrons. The van der Waals surface area contributed by atoms with E-state index >= 15 is 0 Å². The van der Waals surface area contributed by atoms with Gasteiger partial charge in [0, 0.05) is 31.7 Å². The molecule has 0 saturated carbocycles. The fraction of sp³-hybridized carbons (Fsp3) is 0.652. The van der Waals surface area contributed by atoms with Gasteiger partial charge in [-0.05, 0) is 77.0 Å². The zero-order chi connectivity index (χ0) is 21.2. The largest absolute Gasteiger partial charge is 0.356 e. The summed E-state index contributed by atoms with van der Waals surface area (Å²) < 4.78 is 13.3. The molecule has 2 saturated heterocycles. The summed E-state index contributed by atoms with van der Waals surface area (Å²) in [5.74, 6) is 0.140. The highest BCUT2D eigenvalue weighted by Crippen LogP contribution is 2.43. The zero-order valence-corrected chi connectivity index (χ0v) is 18.1. The topological polar surface area (TPSA) is 52.7 Å². The molecule has 29 heavy (non-hydrogen) atoms. The Morgan fingerprint density at radius 1 is 1.14 bits per heavy atom. The molecule has 1 aromatic rings. The molecule has 2 atom stereocenters. The van der Waals surface area contributed by atoms with Gasteiger partial charge < -0.3 is 15.1 Å². The van der Waals surface area contributed by atoms with Gasteiger partial charge in [0.1, 0.15) is 5.82 Å². The minimum atomic E-state index is -0.632. The van der Waals surface area contributed by atoms with Gasteiger partial charge in [0.15, 0.2) is 0 Å². The van der Waals surface area contributed by atoms with E-state index in [2.05, 4.69) is 10.2 Å². The number of halogens is 1. The summed E-state index contributed by atoms with van der Waals surface area (Å²) in [7, 11) is 0. The van der Waals surface area contributed by atoms with E-state index < -0.39 is 5.41 Å². The third-order valence-electron chi connectivity index (χ3n) is 6.49. The van der Waals surface area contributed by atoms with Gasteiger partial charge in [0.25, 0.3) is 0 Å². The van der Waals surface area contributed by atoms with Crippen molar-refractivity contribution in [2.24, 2.45) is 5.41 Å². The molecule has 1 N–H and O–H groups in total. The van der Waals surface area contributed by atoms with Crippen LogP contribution in [-0.2, 0) is 4.79 Å². The van der Waals surface area contributed by atoms with Crippen molar-refractivity contribution >= 4 is 11.9 Å². The molecule has 2 heterocycles. The van der Waals surface area contributed by atoms with Crippen LogP contribution < -0.4 is 5.32 Å². The van der Waals surface area contributed by atoms with E-state index in [-0.39, 0.29) is 29.8 Å². The number of carbonyl (C=O) groups is 2. The molecule has 0 aromatic heterocycles. The highest BCUT2D eigenvalue weighted by atomic mass is 19.1. The first-order chi connectivity index (χ1) is 13.8. The summed E-state index contributed by atoms with van der Waals surface area (Å²) in [6.07, 6.45) is 3.88. The number of benzene rings is 1. The highest BCUT2D eigenvalue weighted by Gasteiger charge is 2.45. The van der Waals surface area contributed by atoms with E-state index in [9.17, 15) is 14.0 Å². The quantitative estimate of drug-likeness (QED) is 0.776. The van der Waals surface area contributed by atoms with Gasteiger partial charge in [-0.2, -0.15) is 0 Å². The molecule has 3 rings (SSSR count). The van der Waals surface area contributed by atoms with Crippen LogP contribution in [-0.4, -0.2) is 53.5 Å². The molecule has 2 fully saturated rings. The summed E-state index contributed by atoms with van der Waals surface area (Å²) in [5, 5.41) is 2.87. The molecule has 2 aliphatic heterocycles. The van der Waals surface area contributed by atoms with E-state index in [0.29, 0.717) is 25.6 Å². The van der Waals surface area contributed by atoms with Gasteiger partial charge >= 0.3 is 6.03 Å². The van der Waals surface area contributed by atoms with E-state index in [1.807, 2.05) is 44.7 Å². The van der Waals surface area contributed by atoms with Gasteiger partial charge in [-0.25, -0.2) is 9.18 Å². The molecule has 5 nitrogen and oxygen atoms in total. The Labute approximate surface area is 173 Å². The van der Waals surface area contributed by atoms with Crippen LogP contribution in [0.1, 0.15) is 64.9 Å². The van der Waals surface area contributed by atoms with Crippen molar-refractivity contribution in [1.29, 1.82) is 0 Å². The number of hydrogen-bond acceptors (Lipinski definition) is 2. The van der Waals surface area contributed by atoms with Crippen molar-refractivity contribution in [3.63, 3.8) is 0 Å². The molecular formula is C23H34FN3O2. The standard InChI is InChI=1S/C23H34FN3O2/c1-5-25-21(28)23(3,4)15-26(6-2)22(29)27-19-11-12-20(27)14-17(13-19)16-7-9-18(24)10-8-16/h7-10,17,19-20H,5-6,11-15H2,1-4H3,(H,25,28). The predicted octanol–water partition coefficient (Wildman–Crippen LogP) is 4.14. The van der Waals surface area contributed by atoms with E-state index in [1.54, 1.807) is 0 Å². The predicted molar refractivity (Wildman–Crippen MR) is 112 cm³/mol. The van der Waals surface area contributed by atoms with Crippen LogP contribution in [0.25, 0.3) is 0 Å². The first kappa shape index (κ1) is 21.6. The maximum Gasteiger partial charge on any atom is 0.320 e. The fourth-order valence-electron chi connectivity index (χ4n) is 4.92. The van der Waals surface area contributed by atoms with Gasteiger partial charge in [0.2, 0.25) is 5.91 Å². The lowest BCUT2D eigenvalue weighted by Crippen LogP contribution is -2.55. The van der Waals surface area contributed by atoms with Crippen molar-refractivity contribution in [2.45, 2.75) is 71.4 Å². The first-order valence-corrected chi connectivity index (χ1v) is 10.9. The Balaban J connectivity index is 1.69. The lowest BCUT2D eigenvalue weighted by Gasteiger charge is -2.42. The number of hydrogen-bond donors (Lipinski definition) is 1. The monoisotopic (exact) mass is 403 g/mol. The second-order valence-electron chi connectivity index (χ2n) is 9.05. The van der Waals surface area contributed by atoms with Crippen molar-refractivity contribution in [3.05, 3.63) is 35.6 Å². The van der Waals surface area contributed by atoms with Gasteiger partial charge in [-0.1, -0.05) is 12.1 Å². The number of amides is 3. The molecule has 6 heteroatoms. The Kier molecular flexibility index (Phi) is 6.49. The van der Waals surface area contributed by atoms with Crippen LogP contribution in [0, 0.1) is 11.2 Å². The highest BCUT2D eigenvalue weighted by molar-refractivity contribution is 5.83. The van der Waals surface area contributed by atoms with Gasteiger partial charge in [-0.15, -0.1) is 0 Å². The Morgan fingerprint density at radius 3 is 2.24 bits per heavy atom. The number of urea groups is 1. The van der Waals surface area contributed by atoms with E-state index in [0.717, 1.165) is 25.7 Å². The number of nitrogens with one attached hydrogen (secondary N) is 1. The number of nitrogens with zero attached hydrogens (tertiary/aromatic N) is 2. The maximum absolute atomic E-state index is 13.4. The summed E-state index contributed by atoms with van der Waals surface area (Å²) in [6.45, 7) is 9.24. The number of piperidine rings is 1. The zero-order valence-electron chi connectivity index (χ0n) is 18.1. The normalized spacial score (nSPS) is 23.8. The molecule has 1 aromatic carbocycles. The lowest BCUT2D eigenvalue weighted by atomic mass is 9.85. The number of carbonyl (C=O) groups excluding carboxylic acids is 2. The molecular weight excluding hydrogens is 369 g/mol. The van der Waals surface area contributed by atoms with Crippen LogP contribution in [0.3, 0.4) is 0 Å². The second-order valence-corrected chi connectivity index (χ2v) is 9.05. The summed E-state index contributed by atoms with van der Waals surface area (Å²) in [5.41, 5.74) is 0.535. The van der Waals surface area contributed by atoms with Gasteiger partial charge in [0.05, 0.1) is 5.41 Å². The maximum atomic E-state index is 13.4. The van der Waals surface area contributed by atoms with Crippen LogP contribution in [0.4, 0.5) is 9.18 Å². The summed E-state index contributed by atoms with van der Waals surface area (Å²) in [6, 6.07) is 7.30. The average molecular weight is 404 g/mol. The third-order valence-corrected chi connectivity index (χ3v) is 6.49. The summed E-state index contributed by atoms with van der Waals surface area (Å²) >= 11 is 0. The van der Waals surface area contributed by atoms with Crippen molar-refractivity contribution in [1.82, 2.24) is 15.1 Å². The molecule has 0 radical (unpaired) electrons. The molecule has 0 aliphatic carbocycles. The molecule has 2 unspecified atom stereocenters. The molecule has 2 aliphatic rings. The molecule has 2 bridgehead atoms. The average Bonchev–Trinajstić information content (AvgIpc) is 2.95. The smallest absolute Gasteiger partial charge is 0.320 e. The van der Waals surface area contributed by atoms with Crippen molar-refractivity contribution in [3.8, 4) is 0 Å². The molecule has 0 spiro atoms. The van der Waals surface area contributed by atoms with Crippen LogP contribution >= 0.6 is 0 Å². The number of rotatable bonds is 6. The van der Waals surface area contributed by atoms with Crippen LogP contribution in [0.15, 0.2) is 24.3 Å². The SMILES string of the molecule is CCNC(=O)C(C)(C)CN(CC)C(=O)N1C2CCC1CC(c1ccc(F)cc1)C2. The Morgan fingerprint density at radius 2 is 1.72 bits per heavy atom. The third kappa shape index (κ3) is 4.57. The van der Waals surface area contributed by atoms with E-state index in [1.165, 1.54) is 17.7 Å². The fourth-order valence-corrected chi connectivity index (χ4v) is 4.92. The second kappa shape index (κ2) is 8.72. The Hall–Kier alpha value is -2.11. The first-order valence-electron chi connectivity index (χ1n) is 10.9. The van der Waals surface area contributed by atoms with Crippen LogP contribution in [0.5, 0.6) is 0 Å². The minimum Gasteiger partial charge on any atom is -0.356 e. The van der Waals surface area contributed by atoms with Crippen molar-refractivity contribution < 1.29 is 14.0 Å². The van der Waals surface area contributed by atoms with Crippen molar-refractivity contribution in [2.75, 3.05) is 19.6 Å². The summed E-state index contributed by atoms with van der Waals surface area (Å²) in [4.78, 5) is 29.7. The Bertz CT molecular complexity index is 720. The minimum absolute atomic E-state index is 0.0239. The van der Waals surface area contributed by atoms with Gasteiger partial charge in [-0.3, -0.25) is 4.79 Å². The lowest BCUT2D eigenvalue weighted by molar-refractivity contribution is -0.129. The van der Waals surface area contributed by atoms with Crippen LogP contribution in [0.2, 0.25) is 0 Å². The molecule has 3 amide bonds.